The summed E-state index contributed by atoms with van der Waals surface area (Å²) in [5.74, 6) is -1.80. The van der Waals surface area contributed by atoms with Crippen molar-refractivity contribution in [2.45, 2.75) is 50.2 Å². The van der Waals surface area contributed by atoms with Gasteiger partial charge in [-0.1, -0.05) is 6.08 Å². The molecule has 0 radical (unpaired) electrons. The molecule has 4 atom stereocenters. The monoisotopic (exact) mass is 295 g/mol. The van der Waals surface area contributed by atoms with Crippen LogP contribution in [-0.4, -0.2) is 58.4 Å². The van der Waals surface area contributed by atoms with E-state index in [1.807, 2.05) is 0 Å². The number of carbonyl (C=O) groups excluding carboxylic acids is 2. The van der Waals surface area contributed by atoms with Gasteiger partial charge in [-0.15, -0.1) is 6.58 Å². The van der Waals surface area contributed by atoms with Crippen LogP contribution in [0, 0.1) is 5.92 Å². The number of carbonyl (C=O) groups is 2. The lowest BCUT2D eigenvalue weighted by atomic mass is 9.62. The minimum Gasteiger partial charge on any atom is -0.377 e. The maximum atomic E-state index is 12.4. The number of amides is 1. The first-order valence-corrected chi connectivity index (χ1v) is 7.30. The highest BCUT2D eigenvalue weighted by molar-refractivity contribution is 6.01. The van der Waals surface area contributed by atoms with Gasteiger partial charge in [0.1, 0.15) is 11.9 Å². The zero-order valence-electron chi connectivity index (χ0n) is 12.4. The van der Waals surface area contributed by atoms with E-state index < -0.39 is 35.4 Å². The second-order valence-corrected chi connectivity index (χ2v) is 6.44. The van der Waals surface area contributed by atoms with E-state index in [0.29, 0.717) is 26.0 Å². The lowest BCUT2D eigenvalue weighted by molar-refractivity contribution is -0.228. The molecule has 2 heterocycles. The number of aliphatic hydroxyl groups is 1. The molecule has 6 heteroatoms. The van der Waals surface area contributed by atoms with Gasteiger partial charge in [-0.25, -0.2) is 0 Å². The Labute approximate surface area is 123 Å². The maximum absolute atomic E-state index is 12.4. The highest BCUT2D eigenvalue weighted by Crippen LogP contribution is 2.47. The van der Waals surface area contributed by atoms with Crippen molar-refractivity contribution in [2.75, 3.05) is 13.2 Å². The second-order valence-electron chi connectivity index (χ2n) is 6.44. The van der Waals surface area contributed by atoms with Crippen molar-refractivity contribution in [3.63, 3.8) is 0 Å². The molecule has 6 nitrogen and oxygen atoms in total. The molecule has 2 saturated heterocycles. The van der Waals surface area contributed by atoms with Crippen LogP contribution in [0.1, 0.15) is 26.7 Å². The molecule has 1 saturated carbocycles. The molecule has 21 heavy (non-hydrogen) atoms. The number of Topliss-reactive ketones (excluding diaryl/α,β-unsaturated/α-hetero) is 1. The standard InChI is InChI=1S/C15H21NO5/c1-4-7-16-12(11-8-20-14(2,3)21-11)15(19,13(16)18)9-5-6-10(9)17/h4,9,11-12,19H,1,5-8H2,2-3H3/t9-,11-,12+,15-/m1/s1. The van der Waals surface area contributed by atoms with Crippen LogP contribution in [0.25, 0.3) is 0 Å². The van der Waals surface area contributed by atoms with Gasteiger partial charge in [0.05, 0.1) is 18.6 Å². The fraction of sp³-hybridized carbons (Fsp3) is 0.733. The fourth-order valence-electron chi connectivity index (χ4n) is 3.57. The Morgan fingerprint density at radius 2 is 2.19 bits per heavy atom. The molecule has 1 aliphatic carbocycles. The number of likely N-dealkylation sites (tertiary alicyclic amines) is 1. The van der Waals surface area contributed by atoms with E-state index in [0.717, 1.165) is 0 Å². The molecule has 0 aromatic carbocycles. The largest absolute Gasteiger partial charge is 0.377 e. The first-order chi connectivity index (χ1) is 9.81. The molecule has 2 aliphatic heterocycles. The van der Waals surface area contributed by atoms with Crippen LogP contribution in [0.15, 0.2) is 12.7 Å². The molecule has 0 aromatic rings. The number of hydrogen-bond donors (Lipinski definition) is 1. The van der Waals surface area contributed by atoms with Gasteiger partial charge in [-0.2, -0.15) is 0 Å². The summed E-state index contributed by atoms with van der Waals surface area (Å²) >= 11 is 0. The first kappa shape index (κ1) is 14.7. The van der Waals surface area contributed by atoms with Gasteiger partial charge in [-0.05, 0) is 20.3 Å². The SMILES string of the molecule is C=CCN1C(=O)[C@@](O)([C@@H]2CCC2=O)[C@@H]1[C@H]1COC(C)(C)O1. The maximum Gasteiger partial charge on any atom is 0.258 e. The molecule has 3 rings (SSSR count). The molecule has 0 spiro atoms. The molecule has 0 bridgehead atoms. The van der Waals surface area contributed by atoms with Crippen LogP contribution in [0.5, 0.6) is 0 Å². The van der Waals surface area contributed by atoms with E-state index in [4.69, 9.17) is 9.47 Å². The van der Waals surface area contributed by atoms with Crippen LogP contribution < -0.4 is 0 Å². The van der Waals surface area contributed by atoms with E-state index in [1.165, 1.54) is 4.90 Å². The average Bonchev–Trinajstić information content (AvgIpc) is 2.75. The van der Waals surface area contributed by atoms with Crippen molar-refractivity contribution < 1.29 is 24.2 Å². The average molecular weight is 295 g/mol. The molecule has 0 unspecified atom stereocenters. The molecule has 116 valence electrons. The predicted molar refractivity (Wildman–Crippen MR) is 73.3 cm³/mol. The minimum absolute atomic E-state index is 0.0488. The minimum atomic E-state index is -1.65. The van der Waals surface area contributed by atoms with Gasteiger partial charge in [0.15, 0.2) is 11.4 Å². The van der Waals surface area contributed by atoms with Crippen molar-refractivity contribution >= 4 is 11.7 Å². The second kappa shape index (κ2) is 4.63. The number of β-lactam (4-membered cyclic amide) rings is 1. The predicted octanol–water partition coefficient (Wildman–Crippen LogP) is 0.245. The highest BCUT2D eigenvalue weighted by atomic mass is 16.7. The summed E-state index contributed by atoms with van der Waals surface area (Å²) in [6.45, 7) is 7.83. The topological polar surface area (TPSA) is 76.1 Å². The zero-order valence-corrected chi connectivity index (χ0v) is 12.4. The molecular formula is C15H21NO5. The number of hydrogen-bond acceptors (Lipinski definition) is 5. The lowest BCUT2D eigenvalue weighted by Gasteiger charge is -2.58. The van der Waals surface area contributed by atoms with Gasteiger partial charge in [-0.3, -0.25) is 9.59 Å². The third-order valence-corrected chi connectivity index (χ3v) is 4.70. The summed E-state index contributed by atoms with van der Waals surface area (Å²) < 4.78 is 11.3. The van der Waals surface area contributed by atoms with Gasteiger partial charge < -0.3 is 19.5 Å². The van der Waals surface area contributed by atoms with E-state index in [-0.39, 0.29) is 5.78 Å². The van der Waals surface area contributed by atoms with Crippen molar-refractivity contribution in [2.24, 2.45) is 5.92 Å². The van der Waals surface area contributed by atoms with Crippen LogP contribution in [0.4, 0.5) is 0 Å². The first-order valence-electron chi connectivity index (χ1n) is 7.30. The molecule has 1 N–H and O–H groups in total. The number of ketones is 1. The summed E-state index contributed by atoms with van der Waals surface area (Å²) in [7, 11) is 0. The van der Waals surface area contributed by atoms with Crippen molar-refractivity contribution in [1.82, 2.24) is 4.90 Å². The van der Waals surface area contributed by atoms with E-state index in [2.05, 4.69) is 6.58 Å². The Balaban J connectivity index is 1.87. The zero-order chi connectivity index (χ0) is 15.4. The van der Waals surface area contributed by atoms with Crippen molar-refractivity contribution in [3.05, 3.63) is 12.7 Å². The van der Waals surface area contributed by atoms with E-state index in [9.17, 15) is 14.7 Å². The highest BCUT2D eigenvalue weighted by Gasteiger charge is 2.69. The van der Waals surface area contributed by atoms with Crippen molar-refractivity contribution in [3.8, 4) is 0 Å². The summed E-state index contributed by atoms with van der Waals surface area (Å²) in [6, 6.07) is -0.556. The van der Waals surface area contributed by atoms with Crippen molar-refractivity contribution in [1.29, 1.82) is 0 Å². The molecule has 3 aliphatic rings. The van der Waals surface area contributed by atoms with E-state index in [1.54, 1.807) is 19.9 Å². The third-order valence-electron chi connectivity index (χ3n) is 4.70. The Kier molecular flexibility index (Phi) is 3.24. The molecule has 1 amide bonds. The van der Waals surface area contributed by atoms with Gasteiger partial charge in [0, 0.05) is 13.0 Å². The van der Waals surface area contributed by atoms with Crippen LogP contribution >= 0.6 is 0 Å². The summed E-state index contributed by atoms with van der Waals surface area (Å²) in [4.78, 5) is 25.6. The van der Waals surface area contributed by atoms with Gasteiger partial charge in [0.2, 0.25) is 0 Å². The number of nitrogens with zero attached hydrogens (tertiary/aromatic N) is 1. The number of rotatable bonds is 4. The summed E-state index contributed by atoms with van der Waals surface area (Å²) in [6.07, 6.45) is 2.16. The Morgan fingerprint density at radius 1 is 1.48 bits per heavy atom. The Morgan fingerprint density at radius 3 is 2.62 bits per heavy atom. The lowest BCUT2D eigenvalue weighted by Crippen LogP contribution is -2.81. The van der Waals surface area contributed by atoms with Crippen LogP contribution in [0.3, 0.4) is 0 Å². The normalized spacial score (nSPS) is 41.7. The number of ether oxygens (including phenoxy) is 2. The Hall–Kier alpha value is -1.24. The summed E-state index contributed by atoms with van der Waals surface area (Å²) in [5.41, 5.74) is -1.65. The van der Waals surface area contributed by atoms with Crippen LogP contribution in [-0.2, 0) is 19.1 Å². The smallest absolute Gasteiger partial charge is 0.258 e. The summed E-state index contributed by atoms with van der Waals surface area (Å²) in [5, 5.41) is 10.9. The fourth-order valence-corrected chi connectivity index (χ4v) is 3.57. The van der Waals surface area contributed by atoms with E-state index >= 15 is 0 Å². The quantitative estimate of drug-likeness (QED) is 0.594. The van der Waals surface area contributed by atoms with Crippen LogP contribution in [0.2, 0.25) is 0 Å². The Bertz CT molecular complexity index is 502. The molecule has 0 aromatic heterocycles. The van der Waals surface area contributed by atoms with Gasteiger partial charge in [0.25, 0.3) is 5.91 Å². The molecule has 3 fully saturated rings. The van der Waals surface area contributed by atoms with Gasteiger partial charge >= 0.3 is 0 Å². The third kappa shape index (κ3) is 1.97. The molecular weight excluding hydrogens is 274 g/mol.